The minimum Gasteiger partial charge on any atom is -0.508 e. The molecule has 1 saturated heterocycles. The van der Waals surface area contributed by atoms with Crippen LogP contribution < -0.4 is 5.32 Å². The van der Waals surface area contributed by atoms with E-state index in [2.05, 4.69) is 5.32 Å². The van der Waals surface area contributed by atoms with Gasteiger partial charge in [-0.1, -0.05) is 6.07 Å². The minimum atomic E-state index is -0.0900. The van der Waals surface area contributed by atoms with Crippen LogP contribution in [0.25, 0.3) is 0 Å². The van der Waals surface area contributed by atoms with Crippen LogP contribution >= 0.6 is 11.8 Å². The molecule has 0 aliphatic carbocycles. The van der Waals surface area contributed by atoms with Gasteiger partial charge in [0.05, 0.1) is 0 Å². The van der Waals surface area contributed by atoms with Gasteiger partial charge in [0.25, 0.3) is 5.91 Å². The van der Waals surface area contributed by atoms with Crippen LogP contribution in [0.3, 0.4) is 0 Å². The highest BCUT2D eigenvalue weighted by molar-refractivity contribution is 7.99. The topological polar surface area (TPSA) is 49.3 Å². The van der Waals surface area contributed by atoms with Crippen LogP contribution in [0.15, 0.2) is 24.3 Å². The number of carbonyl (C=O) groups is 1. The van der Waals surface area contributed by atoms with Crippen molar-refractivity contribution in [3.05, 3.63) is 29.8 Å². The molecule has 1 aromatic carbocycles. The molecule has 4 heteroatoms. The zero-order valence-electron chi connectivity index (χ0n) is 8.98. The van der Waals surface area contributed by atoms with Crippen molar-refractivity contribution in [1.29, 1.82) is 0 Å². The molecule has 0 saturated carbocycles. The van der Waals surface area contributed by atoms with Gasteiger partial charge in [-0.3, -0.25) is 4.79 Å². The number of amides is 1. The van der Waals surface area contributed by atoms with E-state index in [9.17, 15) is 9.90 Å². The number of phenolic OH excluding ortho intramolecular Hbond substituents is 1. The summed E-state index contributed by atoms with van der Waals surface area (Å²) in [6.45, 7) is 0. The van der Waals surface area contributed by atoms with E-state index in [1.165, 1.54) is 6.07 Å². The van der Waals surface area contributed by atoms with Crippen LogP contribution in [0.4, 0.5) is 0 Å². The molecule has 3 nitrogen and oxygen atoms in total. The molecule has 0 radical (unpaired) electrons. The van der Waals surface area contributed by atoms with Crippen LogP contribution in [0.1, 0.15) is 23.2 Å². The highest BCUT2D eigenvalue weighted by Gasteiger charge is 2.16. The Hall–Kier alpha value is -1.16. The summed E-state index contributed by atoms with van der Waals surface area (Å²) in [6.07, 6.45) is 2.07. The third kappa shape index (κ3) is 2.92. The van der Waals surface area contributed by atoms with Gasteiger partial charge >= 0.3 is 0 Å². The first-order valence-corrected chi connectivity index (χ1v) is 6.59. The molecule has 0 atom stereocenters. The lowest BCUT2D eigenvalue weighted by Gasteiger charge is -2.22. The van der Waals surface area contributed by atoms with Crippen molar-refractivity contribution in [3.8, 4) is 5.75 Å². The van der Waals surface area contributed by atoms with Gasteiger partial charge in [0.2, 0.25) is 0 Å². The van der Waals surface area contributed by atoms with Gasteiger partial charge in [0.15, 0.2) is 0 Å². The average Bonchev–Trinajstić information content (AvgIpc) is 2.30. The van der Waals surface area contributed by atoms with Crippen LogP contribution in [0, 0.1) is 0 Å². The molecular formula is C12H15NO2S. The van der Waals surface area contributed by atoms with Gasteiger partial charge in [-0.25, -0.2) is 0 Å². The molecule has 1 heterocycles. The van der Waals surface area contributed by atoms with Gasteiger partial charge in [0.1, 0.15) is 5.75 Å². The molecule has 2 rings (SSSR count). The third-order valence-electron chi connectivity index (χ3n) is 2.66. The number of rotatable bonds is 2. The van der Waals surface area contributed by atoms with E-state index in [1.54, 1.807) is 18.2 Å². The summed E-state index contributed by atoms with van der Waals surface area (Å²) in [7, 11) is 0. The Labute approximate surface area is 99.2 Å². The standard InChI is InChI=1S/C12H15NO2S/c14-11-3-1-2-9(8-11)12(15)13-10-4-6-16-7-5-10/h1-3,8,10,14H,4-7H2,(H,13,15). The molecule has 1 aliphatic rings. The fourth-order valence-electron chi connectivity index (χ4n) is 1.76. The van der Waals surface area contributed by atoms with Gasteiger partial charge in [-0.15, -0.1) is 0 Å². The summed E-state index contributed by atoms with van der Waals surface area (Å²) in [5.74, 6) is 2.27. The molecule has 16 heavy (non-hydrogen) atoms. The summed E-state index contributed by atoms with van der Waals surface area (Å²) in [4.78, 5) is 11.8. The van der Waals surface area contributed by atoms with Crippen molar-refractivity contribution in [2.45, 2.75) is 18.9 Å². The van der Waals surface area contributed by atoms with E-state index in [0.717, 1.165) is 24.3 Å². The Kier molecular flexibility index (Phi) is 3.72. The molecular weight excluding hydrogens is 222 g/mol. The number of benzene rings is 1. The first kappa shape index (κ1) is 11.3. The number of nitrogens with one attached hydrogen (secondary N) is 1. The van der Waals surface area contributed by atoms with Crippen molar-refractivity contribution in [1.82, 2.24) is 5.32 Å². The second-order valence-electron chi connectivity index (χ2n) is 3.91. The van der Waals surface area contributed by atoms with Crippen LogP contribution in [0.5, 0.6) is 5.75 Å². The predicted molar refractivity (Wildman–Crippen MR) is 65.9 cm³/mol. The number of thioether (sulfide) groups is 1. The molecule has 1 aliphatic heterocycles. The number of hydrogen-bond acceptors (Lipinski definition) is 3. The Morgan fingerprint density at radius 2 is 2.12 bits per heavy atom. The number of hydrogen-bond donors (Lipinski definition) is 2. The summed E-state index contributed by atoms with van der Waals surface area (Å²) in [5.41, 5.74) is 0.526. The zero-order chi connectivity index (χ0) is 11.4. The maximum atomic E-state index is 11.8. The van der Waals surface area contributed by atoms with Crippen molar-refractivity contribution in [2.24, 2.45) is 0 Å². The molecule has 0 aromatic heterocycles. The molecule has 0 spiro atoms. The first-order valence-electron chi connectivity index (χ1n) is 5.43. The molecule has 86 valence electrons. The van der Waals surface area contributed by atoms with Gasteiger partial charge in [-0.2, -0.15) is 11.8 Å². The zero-order valence-corrected chi connectivity index (χ0v) is 9.80. The van der Waals surface area contributed by atoms with E-state index >= 15 is 0 Å². The highest BCUT2D eigenvalue weighted by atomic mass is 32.2. The van der Waals surface area contributed by atoms with E-state index in [-0.39, 0.29) is 17.7 Å². The van der Waals surface area contributed by atoms with E-state index in [0.29, 0.717) is 5.56 Å². The smallest absolute Gasteiger partial charge is 0.251 e. The summed E-state index contributed by atoms with van der Waals surface area (Å²) < 4.78 is 0. The monoisotopic (exact) mass is 237 g/mol. The van der Waals surface area contributed by atoms with Crippen LogP contribution in [-0.2, 0) is 0 Å². The normalized spacial score (nSPS) is 17.0. The lowest BCUT2D eigenvalue weighted by atomic mass is 10.1. The average molecular weight is 237 g/mol. The molecule has 0 unspecified atom stereocenters. The fraction of sp³-hybridized carbons (Fsp3) is 0.417. The third-order valence-corrected chi connectivity index (χ3v) is 3.71. The van der Waals surface area contributed by atoms with Gasteiger partial charge in [-0.05, 0) is 42.5 Å². The Bertz CT molecular complexity index is 375. The molecule has 1 amide bonds. The second-order valence-corrected chi connectivity index (χ2v) is 5.14. The molecule has 1 aromatic rings. The van der Waals surface area contributed by atoms with E-state index < -0.39 is 0 Å². The van der Waals surface area contributed by atoms with E-state index in [4.69, 9.17) is 0 Å². The number of aromatic hydroxyl groups is 1. The van der Waals surface area contributed by atoms with E-state index in [1.807, 2.05) is 11.8 Å². The molecule has 1 fully saturated rings. The quantitative estimate of drug-likeness (QED) is 0.827. The fourth-order valence-corrected chi connectivity index (χ4v) is 2.86. The van der Waals surface area contributed by atoms with Crippen LogP contribution in [0.2, 0.25) is 0 Å². The maximum absolute atomic E-state index is 11.8. The highest BCUT2D eigenvalue weighted by Crippen LogP contribution is 2.18. The van der Waals surface area contributed by atoms with Crippen molar-refractivity contribution in [2.75, 3.05) is 11.5 Å². The Morgan fingerprint density at radius 3 is 2.81 bits per heavy atom. The van der Waals surface area contributed by atoms with Crippen molar-refractivity contribution in [3.63, 3.8) is 0 Å². The van der Waals surface area contributed by atoms with Gasteiger partial charge in [0, 0.05) is 11.6 Å². The largest absolute Gasteiger partial charge is 0.508 e. The summed E-state index contributed by atoms with van der Waals surface area (Å²) >= 11 is 1.93. The lowest BCUT2D eigenvalue weighted by Crippen LogP contribution is -2.37. The summed E-state index contributed by atoms with van der Waals surface area (Å²) in [6, 6.07) is 6.74. The molecule has 2 N–H and O–H groups in total. The SMILES string of the molecule is O=C(NC1CCSCC1)c1cccc(O)c1. The Balaban J connectivity index is 1.97. The lowest BCUT2D eigenvalue weighted by molar-refractivity contribution is 0.0934. The first-order chi connectivity index (χ1) is 7.75. The number of carbonyl (C=O) groups excluding carboxylic acids is 1. The second kappa shape index (κ2) is 5.25. The minimum absolute atomic E-state index is 0.0900. The molecule has 0 bridgehead atoms. The number of phenols is 1. The maximum Gasteiger partial charge on any atom is 0.251 e. The van der Waals surface area contributed by atoms with Crippen molar-refractivity contribution >= 4 is 17.7 Å². The van der Waals surface area contributed by atoms with Crippen molar-refractivity contribution < 1.29 is 9.90 Å². The summed E-state index contributed by atoms with van der Waals surface area (Å²) in [5, 5.41) is 12.3. The Morgan fingerprint density at radius 1 is 1.38 bits per heavy atom. The van der Waals surface area contributed by atoms with Crippen LogP contribution in [-0.4, -0.2) is 28.6 Å². The predicted octanol–water partition coefficient (Wildman–Crippen LogP) is 2.02. The van der Waals surface area contributed by atoms with Gasteiger partial charge < -0.3 is 10.4 Å².